The fourth-order valence-corrected chi connectivity index (χ4v) is 6.91. The summed E-state index contributed by atoms with van der Waals surface area (Å²) in [7, 11) is -3.03. The van der Waals surface area contributed by atoms with Crippen molar-refractivity contribution in [2.75, 3.05) is 11.5 Å². The minimum Gasteiger partial charge on any atom is -0.342 e. The molecule has 8 heteroatoms. The van der Waals surface area contributed by atoms with E-state index in [4.69, 9.17) is 11.6 Å². The zero-order valence-corrected chi connectivity index (χ0v) is 15.9. The molecule has 0 N–H and O–H groups in total. The number of rotatable bonds is 3. The topological polar surface area (TPSA) is 66.8 Å². The first-order chi connectivity index (χ1) is 11.2. The monoisotopic (exact) mass is 386 g/mol. The molecule has 130 valence electrons. The number of hydrogen-bond acceptors (Lipinski definition) is 4. The first-order valence-electron chi connectivity index (χ1n) is 7.76. The van der Waals surface area contributed by atoms with Crippen LogP contribution in [0.25, 0.3) is 0 Å². The number of halogens is 1. The summed E-state index contributed by atoms with van der Waals surface area (Å²) in [6.07, 6.45) is 0. The Labute approximate surface area is 151 Å². The van der Waals surface area contributed by atoms with E-state index in [1.165, 1.54) is 11.8 Å². The lowest BCUT2D eigenvalue weighted by Crippen LogP contribution is -2.37. The Morgan fingerprint density at radius 2 is 2.00 bits per heavy atom. The summed E-state index contributed by atoms with van der Waals surface area (Å²) in [4.78, 5) is 18.2. The largest absolute Gasteiger partial charge is 0.342 e. The first-order valence-corrected chi connectivity index (χ1v) is 10.8. The molecule has 2 heterocycles. The van der Waals surface area contributed by atoms with Gasteiger partial charge >= 0.3 is 0 Å². The van der Waals surface area contributed by atoms with Crippen LogP contribution >= 0.6 is 23.4 Å². The lowest BCUT2D eigenvalue weighted by atomic mass is 10.1. The van der Waals surface area contributed by atoms with Gasteiger partial charge in [-0.05, 0) is 17.7 Å². The van der Waals surface area contributed by atoms with Crippen LogP contribution in [0.1, 0.15) is 19.4 Å². The number of fused-ring (bicyclic) bond motifs is 1. The fraction of sp³-hybridized carbons (Fsp3) is 0.500. The van der Waals surface area contributed by atoms with Gasteiger partial charge < -0.3 is 4.90 Å². The maximum absolute atomic E-state index is 12.0. The van der Waals surface area contributed by atoms with Crippen molar-refractivity contribution in [1.29, 1.82) is 0 Å². The van der Waals surface area contributed by atoms with Crippen molar-refractivity contribution in [1.82, 2.24) is 4.90 Å². The summed E-state index contributed by atoms with van der Waals surface area (Å²) in [6, 6.07) is 7.30. The molecular formula is C16H19ClN2O3S2. The van der Waals surface area contributed by atoms with Crippen molar-refractivity contribution >= 4 is 44.3 Å². The number of carbonyl (C=O) groups is 1. The van der Waals surface area contributed by atoms with Gasteiger partial charge in [0.25, 0.3) is 5.91 Å². The molecule has 2 fully saturated rings. The standard InChI is InChI=1S/C16H19ClN2O3S2/c1-10(2)15(20)18-16-19(7-11-3-5-12(17)6-4-11)13-8-24(21,22)9-14(13)23-16/h3-6,10,13-14H,7-9H2,1-2H3/t13-,14+/m1/s1. The summed E-state index contributed by atoms with van der Waals surface area (Å²) >= 11 is 7.33. The van der Waals surface area contributed by atoms with Crippen LogP contribution in [0.15, 0.2) is 29.3 Å². The highest BCUT2D eigenvalue weighted by Crippen LogP contribution is 2.39. The van der Waals surface area contributed by atoms with E-state index < -0.39 is 9.84 Å². The van der Waals surface area contributed by atoms with E-state index in [1.807, 2.05) is 17.0 Å². The molecule has 3 rings (SSSR count). The number of aliphatic imine (C=N–C) groups is 1. The van der Waals surface area contributed by atoms with Gasteiger partial charge in [0, 0.05) is 22.7 Å². The van der Waals surface area contributed by atoms with Gasteiger partial charge in [-0.25, -0.2) is 8.42 Å². The molecule has 1 amide bonds. The van der Waals surface area contributed by atoms with Gasteiger partial charge in [0.1, 0.15) is 0 Å². The smallest absolute Gasteiger partial charge is 0.250 e. The van der Waals surface area contributed by atoms with Crippen LogP contribution in [0, 0.1) is 5.92 Å². The molecule has 0 spiro atoms. The summed E-state index contributed by atoms with van der Waals surface area (Å²) in [6.45, 7) is 4.13. The average Bonchev–Trinajstić information content (AvgIpc) is 2.94. The first kappa shape index (κ1) is 17.8. The molecular weight excluding hydrogens is 368 g/mol. The second-order valence-corrected chi connectivity index (χ2v) is 10.2. The molecule has 2 aliphatic rings. The number of carbonyl (C=O) groups excluding carboxylic acids is 1. The lowest BCUT2D eigenvalue weighted by molar-refractivity contribution is -0.120. The van der Waals surface area contributed by atoms with Crippen molar-refractivity contribution in [3.05, 3.63) is 34.9 Å². The molecule has 0 saturated carbocycles. The van der Waals surface area contributed by atoms with E-state index in [9.17, 15) is 13.2 Å². The van der Waals surface area contributed by atoms with E-state index in [-0.39, 0.29) is 34.6 Å². The van der Waals surface area contributed by atoms with Crippen LogP contribution in [-0.2, 0) is 21.2 Å². The van der Waals surface area contributed by atoms with Crippen LogP contribution in [0.2, 0.25) is 5.02 Å². The number of sulfone groups is 1. The number of amidine groups is 1. The van der Waals surface area contributed by atoms with Gasteiger partial charge in [0.15, 0.2) is 15.0 Å². The van der Waals surface area contributed by atoms with Crippen LogP contribution in [0.3, 0.4) is 0 Å². The van der Waals surface area contributed by atoms with Gasteiger partial charge in [-0.15, -0.1) is 0 Å². The zero-order chi connectivity index (χ0) is 17.5. The Morgan fingerprint density at radius 3 is 2.62 bits per heavy atom. The number of thioether (sulfide) groups is 1. The SMILES string of the molecule is CC(C)C(=O)N=C1S[C@H]2CS(=O)(=O)C[C@H]2N1Cc1ccc(Cl)cc1. The molecule has 2 atom stereocenters. The van der Waals surface area contributed by atoms with E-state index in [0.29, 0.717) is 16.7 Å². The number of benzene rings is 1. The highest BCUT2D eigenvalue weighted by Gasteiger charge is 2.48. The van der Waals surface area contributed by atoms with Crippen molar-refractivity contribution < 1.29 is 13.2 Å². The van der Waals surface area contributed by atoms with Crippen molar-refractivity contribution in [2.45, 2.75) is 31.7 Å². The van der Waals surface area contributed by atoms with Gasteiger partial charge in [0.2, 0.25) is 0 Å². The highest BCUT2D eigenvalue weighted by atomic mass is 35.5. The quantitative estimate of drug-likeness (QED) is 0.798. The van der Waals surface area contributed by atoms with E-state index >= 15 is 0 Å². The predicted octanol–water partition coefficient (Wildman–Crippen LogP) is 2.59. The Hall–Kier alpha value is -1.05. The van der Waals surface area contributed by atoms with Crippen LogP contribution in [0.4, 0.5) is 0 Å². The van der Waals surface area contributed by atoms with Crippen LogP contribution < -0.4 is 0 Å². The third-order valence-corrected chi connectivity index (χ3v) is 7.64. The predicted molar refractivity (Wildman–Crippen MR) is 98.1 cm³/mol. The molecule has 0 unspecified atom stereocenters. The maximum atomic E-state index is 12.0. The van der Waals surface area contributed by atoms with Gasteiger partial charge in [0.05, 0.1) is 17.5 Å². The zero-order valence-electron chi connectivity index (χ0n) is 13.5. The van der Waals surface area contributed by atoms with Gasteiger partial charge in [-0.3, -0.25) is 4.79 Å². The van der Waals surface area contributed by atoms with Crippen molar-refractivity contribution in [3.63, 3.8) is 0 Å². The minimum absolute atomic E-state index is 0.0546. The Kier molecular flexibility index (Phi) is 4.95. The van der Waals surface area contributed by atoms with Crippen LogP contribution in [-0.4, -0.2) is 47.2 Å². The Bertz CT molecular complexity index is 775. The van der Waals surface area contributed by atoms with Crippen molar-refractivity contribution in [3.8, 4) is 0 Å². The van der Waals surface area contributed by atoms with E-state index in [1.54, 1.807) is 26.0 Å². The number of nitrogens with zero attached hydrogens (tertiary/aromatic N) is 2. The van der Waals surface area contributed by atoms with E-state index in [2.05, 4.69) is 4.99 Å². The molecule has 0 radical (unpaired) electrons. The molecule has 0 bridgehead atoms. The second kappa shape index (κ2) is 6.69. The Balaban J connectivity index is 1.89. The maximum Gasteiger partial charge on any atom is 0.250 e. The summed E-state index contributed by atoms with van der Waals surface area (Å²) < 4.78 is 23.9. The fourth-order valence-electron chi connectivity index (χ4n) is 2.83. The van der Waals surface area contributed by atoms with Crippen molar-refractivity contribution in [2.24, 2.45) is 10.9 Å². The van der Waals surface area contributed by atoms with Crippen LogP contribution in [0.5, 0.6) is 0 Å². The number of hydrogen-bond donors (Lipinski definition) is 0. The molecule has 5 nitrogen and oxygen atoms in total. The van der Waals surface area contributed by atoms with Gasteiger partial charge in [-0.2, -0.15) is 4.99 Å². The lowest BCUT2D eigenvalue weighted by Gasteiger charge is -2.24. The second-order valence-electron chi connectivity index (χ2n) is 6.44. The van der Waals surface area contributed by atoms with E-state index in [0.717, 1.165) is 5.56 Å². The molecule has 2 aliphatic heterocycles. The summed E-state index contributed by atoms with van der Waals surface area (Å²) in [5, 5.41) is 1.23. The molecule has 1 aromatic rings. The minimum atomic E-state index is -3.03. The number of amides is 1. The normalized spacial score (nSPS) is 27.0. The summed E-state index contributed by atoms with van der Waals surface area (Å²) in [5.74, 6) is -0.0947. The Morgan fingerprint density at radius 1 is 1.33 bits per heavy atom. The third kappa shape index (κ3) is 3.78. The molecule has 2 saturated heterocycles. The highest BCUT2D eigenvalue weighted by molar-refractivity contribution is 8.15. The molecule has 1 aromatic carbocycles. The van der Waals surface area contributed by atoms with Gasteiger partial charge in [-0.1, -0.05) is 49.3 Å². The summed E-state index contributed by atoms with van der Waals surface area (Å²) in [5.41, 5.74) is 1.01. The molecule has 0 aliphatic carbocycles. The third-order valence-electron chi connectivity index (χ3n) is 4.14. The average molecular weight is 387 g/mol. The molecule has 0 aromatic heterocycles. The molecule has 24 heavy (non-hydrogen) atoms.